The SMILES string of the molecule is O=C(NCCOCCOCCOC(=O)C(=O)c1ccccc1)OCc1ccccc1. The van der Waals surface area contributed by atoms with Crippen molar-refractivity contribution in [3.63, 3.8) is 0 Å². The molecule has 8 heteroatoms. The molecular formula is C22H25NO7. The third-order valence-electron chi connectivity index (χ3n) is 3.78. The molecule has 0 aliphatic heterocycles. The van der Waals surface area contributed by atoms with E-state index in [0.29, 0.717) is 26.4 Å². The van der Waals surface area contributed by atoms with Crippen molar-refractivity contribution < 1.29 is 33.3 Å². The van der Waals surface area contributed by atoms with Crippen LogP contribution in [0.2, 0.25) is 0 Å². The Morgan fingerprint density at radius 3 is 2.00 bits per heavy atom. The number of carbonyl (C=O) groups excluding carboxylic acids is 3. The van der Waals surface area contributed by atoms with Crippen LogP contribution < -0.4 is 5.32 Å². The molecule has 0 spiro atoms. The van der Waals surface area contributed by atoms with Crippen molar-refractivity contribution >= 4 is 17.8 Å². The molecule has 0 heterocycles. The maximum Gasteiger partial charge on any atom is 0.407 e. The Morgan fingerprint density at radius 1 is 0.700 bits per heavy atom. The average Bonchev–Trinajstić information content (AvgIpc) is 2.79. The van der Waals surface area contributed by atoms with Crippen LogP contribution in [0.5, 0.6) is 0 Å². The monoisotopic (exact) mass is 415 g/mol. The quantitative estimate of drug-likeness (QED) is 0.232. The molecule has 2 aromatic rings. The number of benzene rings is 2. The molecule has 0 atom stereocenters. The number of ketones is 1. The first kappa shape index (κ1) is 23.1. The second kappa shape index (κ2) is 13.9. The van der Waals surface area contributed by atoms with Gasteiger partial charge in [0, 0.05) is 12.1 Å². The van der Waals surface area contributed by atoms with Crippen LogP contribution in [-0.2, 0) is 30.3 Å². The van der Waals surface area contributed by atoms with Crippen molar-refractivity contribution in [3.8, 4) is 0 Å². The predicted octanol–water partition coefficient (Wildman–Crippen LogP) is 2.37. The highest BCUT2D eigenvalue weighted by Gasteiger charge is 2.16. The van der Waals surface area contributed by atoms with Crippen LogP contribution in [-0.4, -0.2) is 57.4 Å². The van der Waals surface area contributed by atoms with Gasteiger partial charge in [-0.2, -0.15) is 0 Å². The minimum atomic E-state index is -0.911. The molecule has 1 N–H and O–H groups in total. The Labute approximate surface area is 175 Å². The van der Waals surface area contributed by atoms with E-state index in [1.165, 1.54) is 0 Å². The molecule has 8 nitrogen and oxygen atoms in total. The highest BCUT2D eigenvalue weighted by atomic mass is 16.6. The Balaban J connectivity index is 1.40. The lowest BCUT2D eigenvalue weighted by Crippen LogP contribution is -2.28. The third kappa shape index (κ3) is 9.31. The topological polar surface area (TPSA) is 100 Å². The molecule has 0 saturated carbocycles. The molecule has 0 bridgehead atoms. The molecular weight excluding hydrogens is 390 g/mol. The number of ether oxygens (including phenoxy) is 4. The number of esters is 1. The molecule has 0 radical (unpaired) electrons. The van der Waals surface area contributed by atoms with Gasteiger partial charge in [0.25, 0.3) is 5.78 Å². The number of Topliss-reactive ketones (excluding diaryl/α,β-unsaturated/α-hetero) is 1. The van der Waals surface area contributed by atoms with E-state index in [-0.39, 0.29) is 25.4 Å². The first-order chi connectivity index (χ1) is 14.7. The van der Waals surface area contributed by atoms with Gasteiger partial charge in [0.2, 0.25) is 0 Å². The lowest BCUT2D eigenvalue weighted by molar-refractivity contribution is -0.139. The van der Waals surface area contributed by atoms with Crippen molar-refractivity contribution in [1.29, 1.82) is 0 Å². The molecule has 0 aliphatic carbocycles. The molecule has 0 aromatic heterocycles. The van der Waals surface area contributed by atoms with Gasteiger partial charge in [-0.15, -0.1) is 0 Å². The first-order valence-corrected chi connectivity index (χ1v) is 9.53. The summed E-state index contributed by atoms with van der Waals surface area (Å²) in [6.45, 7) is 1.58. The van der Waals surface area contributed by atoms with Gasteiger partial charge < -0.3 is 24.3 Å². The predicted molar refractivity (Wildman–Crippen MR) is 108 cm³/mol. The highest BCUT2D eigenvalue weighted by Crippen LogP contribution is 2.01. The van der Waals surface area contributed by atoms with E-state index >= 15 is 0 Å². The van der Waals surface area contributed by atoms with Crippen LogP contribution in [0.15, 0.2) is 60.7 Å². The average molecular weight is 415 g/mol. The van der Waals surface area contributed by atoms with Gasteiger partial charge in [0.1, 0.15) is 13.2 Å². The van der Waals surface area contributed by atoms with Crippen LogP contribution in [0.25, 0.3) is 0 Å². The molecule has 2 aromatic carbocycles. The summed E-state index contributed by atoms with van der Waals surface area (Å²) in [5.41, 5.74) is 1.20. The lowest BCUT2D eigenvalue weighted by Gasteiger charge is -2.08. The summed E-state index contributed by atoms with van der Waals surface area (Å²) in [5, 5.41) is 2.58. The van der Waals surface area contributed by atoms with Crippen molar-refractivity contribution in [3.05, 3.63) is 71.8 Å². The number of rotatable bonds is 13. The van der Waals surface area contributed by atoms with E-state index in [9.17, 15) is 14.4 Å². The summed E-state index contributed by atoms with van der Waals surface area (Å²) in [6.07, 6.45) is -0.509. The number of alkyl carbamates (subject to hydrolysis) is 1. The second-order valence-corrected chi connectivity index (χ2v) is 6.04. The Morgan fingerprint density at radius 2 is 1.30 bits per heavy atom. The van der Waals surface area contributed by atoms with E-state index in [1.54, 1.807) is 30.3 Å². The summed E-state index contributed by atoms with van der Waals surface area (Å²) in [4.78, 5) is 35.0. The number of amides is 1. The maximum absolute atomic E-state index is 11.8. The van der Waals surface area contributed by atoms with Gasteiger partial charge in [-0.1, -0.05) is 60.7 Å². The third-order valence-corrected chi connectivity index (χ3v) is 3.78. The van der Waals surface area contributed by atoms with Crippen molar-refractivity contribution in [2.75, 3.05) is 39.6 Å². The highest BCUT2D eigenvalue weighted by molar-refractivity contribution is 6.40. The second-order valence-electron chi connectivity index (χ2n) is 6.04. The van der Waals surface area contributed by atoms with Crippen LogP contribution in [0.4, 0.5) is 4.79 Å². The van der Waals surface area contributed by atoms with E-state index in [4.69, 9.17) is 18.9 Å². The minimum Gasteiger partial charge on any atom is -0.457 e. The van der Waals surface area contributed by atoms with Crippen molar-refractivity contribution in [2.24, 2.45) is 0 Å². The number of hydrogen-bond acceptors (Lipinski definition) is 7. The summed E-state index contributed by atoms with van der Waals surface area (Å²) >= 11 is 0. The summed E-state index contributed by atoms with van der Waals surface area (Å²) in [7, 11) is 0. The van der Waals surface area contributed by atoms with E-state index in [0.717, 1.165) is 5.56 Å². The van der Waals surface area contributed by atoms with Crippen molar-refractivity contribution in [2.45, 2.75) is 6.61 Å². The van der Waals surface area contributed by atoms with Crippen molar-refractivity contribution in [1.82, 2.24) is 5.32 Å². The van der Waals surface area contributed by atoms with Gasteiger partial charge in [0.15, 0.2) is 0 Å². The van der Waals surface area contributed by atoms with Gasteiger partial charge in [-0.3, -0.25) is 4.79 Å². The molecule has 0 unspecified atom stereocenters. The molecule has 30 heavy (non-hydrogen) atoms. The first-order valence-electron chi connectivity index (χ1n) is 9.53. The Kier molecular flexibility index (Phi) is 10.7. The summed E-state index contributed by atoms with van der Waals surface area (Å²) < 4.78 is 20.5. The fourth-order valence-corrected chi connectivity index (χ4v) is 2.29. The van der Waals surface area contributed by atoms with Gasteiger partial charge >= 0.3 is 12.1 Å². The maximum atomic E-state index is 11.8. The lowest BCUT2D eigenvalue weighted by atomic mass is 10.1. The van der Waals surface area contributed by atoms with E-state index in [1.807, 2.05) is 30.3 Å². The standard InChI is InChI=1S/C22H25NO7/c24-20(19-9-5-2-6-10-19)21(25)29-16-15-28-14-13-27-12-11-23-22(26)30-17-18-7-3-1-4-8-18/h1-10H,11-17H2,(H,23,26). The summed E-state index contributed by atoms with van der Waals surface area (Å²) in [6, 6.07) is 17.6. The van der Waals surface area contributed by atoms with Gasteiger partial charge in [0.05, 0.1) is 26.4 Å². The van der Waals surface area contributed by atoms with Gasteiger partial charge in [-0.05, 0) is 5.56 Å². The molecule has 1 amide bonds. The van der Waals surface area contributed by atoms with E-state index in [2.05, 4.69) is 5.32 Å². The normalized spacial score (nSPS) is 10.3. The fourth-order valence-electron chi connectivity index (χ4n) is 2.29. The largest absolute Gasteiger partial charge is 0.457 e. The fraction of sp³-hybridized carbons (Fsp3) is 0.318. The zero-order valence-electron chi connectivity index (χ0n) is 16.6. The van der Waals surface area contributed by atoms with Crippen LogP contribution in [0.1, 0.15) is 15.9 Å². The number of hydrogen-bond donors (Lipinski definition) is 1. The van der Waals surface area contributed by atoms with E-state index < -0.39 is 17.8 Å². The molecule has 0 saturated heterocycles. The smallest absolute Gasteiger partial charge is 0.407 e. The number of carbonyl (C=O) groups is 3. The van der Waals surface area contributed by atoms with Crippen LogP contribution in [0.3, 0.4) is 0 Å². The van der Waals surface area contributed by atoms with Crippen LogP contribution >= 0.6 is 0 Å². The van der Waals surface area contributed by atoms with Gasteiger partial charge in [-0.25, -0.2) is 9.59 Å². The molecule has 0 aliphatic rings. The molecule has 0 fully saturated rings. The minimum absolute atomic E-state index is 0.0216. The summed E-state index contributed by atoms with van der Waals surface area (Å²) in [5.74, 6) is -1.60. The van der Waals surface area contributed by atoms with Crippen LogP contribution in [0, 0.1) is 0 Å². The molecule has 2 rings (SSSR count). The number of nitrogens with one attached hydrogen (secondary N) is 1. The zero-order valence-corrected chi connectivity index (χ0v) is 16.6. The zero-order chi connectivity index (χ0) is 21.4. The molecule has 160 valence electrons. The Hall–Kier alpha value is -3.23. The Bertz CT molecular complexity index is 781.